The summed E-state index contributed by atoms with van der Waals surface area (Å²) >= 11 is 3.37. The van der Waals surface area contributed by atoms with Gasteiger partial charge in [0.1, 0.15) is 11.5 Å². The van der Waals surface area contributed by atoms with E-state index in [1.807, 2.05) is 0 Å². The molecule has 5 nitrogen and oxygen atoms in total. The smallest absolute Gasteiger partial charge is 0.303 e. The Morgan fingerprint density at radius 1 is 1.39 bits per heavy atom. The maximum absolute atomic E-state index is 10.5. The van der Waals surface area contributed by atoms with Crippen LogP contribution in [0.4, 0.5) is 0 Å². The first-order valence-electron chi connectivity index (χ1n) is 5.38. The van der Waals surface area contributed by atoms with E-state index >= 15 is 0 Å². The largest absolute Gasteiger partial charge is 0.496 e. The fourth-order valence-corrected chi connectivity index (χ4v) is 2.13. The highest BCUT2D eigenvalue weighted by Gasteiger charge is 2.16. The average molecular weight is 318 g/mol. The molecule has 0 aromatic heterocycles. The molecular weight excluding hydrogens is 302 g/mol. The second-order valence-corrected chi connectivity index (χ2v) is 4.62. The lowest BCUT2D eigenvalue weighted by Crippen LogP contribution is -2.13. The predicted molar refractivity (Wildman–Crippen MR) is 71.0 cm³/mol. The molecule has 1 aromatic rings. The van der Waals surface area contributed by atoms with E-state index in [0.29, 0.717) is 17.9 Å². The Balaban J connectivity index is 2.99. The van der Waals surface area contributed by atoms with Crippen LogP contribution in [0.25, 0.3) is 0 Å². The zero-order valence-corrected chi connectivity index (χ0v) is 11.9. The van der Waals surface area contributed by atoms with Crippen LogP contribution in [-0.2, 0) is 4.79 Å². The number of rotatable bonds is 6. The molecule has 0 amide bonds. The Labute approximate surface area is 114 Å². The lowest BCUT2D eigenvalue weighted by Gasteiger charge is -2.17. The van der Waals surface area contributed by atoms with E-state index in [9.17, 15) is 4.79 Å². The minimum Gasteiger partial charge on any atom is -0.496 e. The van der Waals surface area contributed by atoms with Gasteiger partial charge >= 0.3 is 5.97 Å². The van der Waals surface area contributed by atoms with Crippen molar-refractivity contribution in [1.29, 1.82) is 0 Å². The fourth-order valence-electron chi connectivity index (χ4n) is 1.61. The molecule has 1 atom stereocenters. The van der Waals surface area contributed by atoms with Crippen molar-refractivity contribution in [2.75, 3.05) is 14.2 Å². The van der Waals surface area contributed by atoms with Gasteiger partial charge in [-0.3, -0.25) is 4.79 Å². The number of benzene rings is 1. The first-order valence-corrected chi connectivity index (χ1v) is 6.17. The Bertz CT molecular complexity index is 436. The molecule has 0 aliphatic heterocycles. The molecule has 0 fully saturated rings. The van der Waals surface area contributed by atoms with Gasteiger partial charge in [-0.05, 0) is 28.4 Å². The summed E-state index contributed by atoms with van der Waals surface area (Å²) in [5.74, 6) is 0.367. The maximum Gasteiger partial charge on any atom is 0.303 e. The van der Waals surface area contributed by atoms with Gasteiger partial charge in [-0.2, -0.15) is 0 Å². The lowest BCUT2D eigenvalue weighted by molar-refractivity contribution is -0.137. The van der Waals surface area contributed by atoms with Crippen molar-refractivity contribution in [3.8, 4) is 11.5 Å². The van der Waals surface area contributed by atoms with Crippen LogP contribution in [0, 0.1) is 0 Å². The number of halogens is 1. The number of hydrogen-bond donors (Lipinski definition) is 2. The monoisotopic (exact) mass is 317 g/mol. The van der Waals surface area contributed by atoms with Crippen molar-refractivity contribution < 1.29 is 19.4 Å². The summed E-state index contributed by atoms with van der Waals surface area (Å²) in [5.41, 5.74) is 6.73. The van der Waals surface area contributed by atoms with Gasteiger partial charge in [-0.15, -0.1) is 0 Å². The van der Waals surface area contributed by atoms with E-state index in [1.54, 1.807) is 19.2 Å². The highest BCUT2D eigenvalue weighted by Crippen LogP contribution is 2.36. The molecular formula is C12H16BrNO4. The molecule has 0 radical (unpaired) electrons. The number of carboxylic acid groups (broad SMARTS) is 1. The molecule has 0 heterocycles. The average Bonchev–Trinajstić information content (AvgIpc) is 2.35. The summed E-state index contributed by atoms with van der Waals surface area (Å²) < 4.78 is 11.2. The Hall–Kier alpha value is -1.27. The van der Waals surface area contributed by atoms with Crippen LogP contribution in [0.3, 0.4) is 0 Å². The SMILES string of the molecule is COc1cc(OC)c(C(N)CCC(=O)O)cc1Br. The molecule has 100 valence electrons. The van der Waals surface area contributed by atoms with E-state index in [-0.39, 0.29) is 6.42 Å². The number of carboxylic acids is 1. The van der Waals surface area contributed by atoms with Gasteiger partial charge in [-0.1, -0.05) is 0 Å². The Morgan fingerprint density at radius 2 is 2.00 bits per heavy atom. The highest BCUT2D eigenvalue weighted by molar-refractivity contribution is 9.10. The van der Waals surface area contributed by atoms with Crippen LogP contribution in [0.15, 0.2) is 16.6 Å². The molecule has 0 saturated heterocycles. The van der Waals surface area contributed by atoms with Gasteiger partial charge in [0.25, 0.3) is 0 Å². The number of methoxy groups -OCH3 is 2. The highest BCUT2D eigenvalue weighted by atomic mass is 79.9. The van der Waals surface area contributed by atoms with Gasteiger partial charge in [-0.25, -0.2) is 0 Å². The number of ether oxygens (including phenoxy) is 2. The molecule has 0 bridgehead atoms. The molecule has 0 spiro atoms. The maximum atomic E-state index is 10.5. The van der Waals surface area contributed by atoms with Crippen molar-refractivity contribution in [2.24, 2.45) is 5.73 Å². The van der Waals surface area contributed by atoms with Crippen LogP contribution in [0.5, 0.6) is 11.5 Å². The number of aliphatic carboxylic acids is 1. The second-order valence-electron chi connectivity index (χ2n) is 3.77. The molecule has 0 saturated carbocycles. The lowest BCUT2D eigenvalue weighted by atomic mass is 10.0. The summed E-state index contributed by atoms with van der Waals surface area (Å²) in [6.07, 6.45) is 0.373. The first kappa shape index (κ1) is 14.8. The van der Waals surface area contributed by atoms with Gasteiger partial charge in [0.2, 0.25) is 0 Å². The zero-order valence-electron chi connectivity index (χ0n) is 10.3. The normalized spacial score (nSPS) is 12.0. The molecule has 1 unspecified atom stereocenters. The first-order chi connectivity index (χ1) is 8.49. The third-order valence-electron chi connectivity index (χ3n) is 2.57. The zero-order chi connectivity index (χ0) is 13.7. The standard InChI is InChI=1S/C12H16BrNO4/c1-17-10-6-11(18-2)8(13)5-7(10)9(14)3-4-12(15)16/h5-6,9H,3-4,14H2,1-2H3,(H,15,16). The third kappa shape index (κ3) is 3.61. The van der Waals surface area contributed by atoms with Crippen LogP contribution >= 0.6 is 15.9 Å². The number of nitrogens with two attached hydrogens (primary N) is 1. The number of carbonyl (C=O) groups is 1. The molecule has 0 aliphatic rings. The minimum absolute atomic E-state index is 0.0218. The van der Waals surface area contributed by atoms with Crippen molar-refractivity contribution in [2.45, 2.75) is 18.9 Å². The van der Waals surface area contributed by atoms with Gasteiger partial charge in [0.15, 0.2) is 0 Å². The quantitative estimate of drug-likeness (QED) is 0.841. The van der Waals surface area contributed by atoms with E-state index in [1.165, 1.54) is 7.11 Å². The third-order valence-corrected chi connectivity index (χ3v) is 3.19. The van der Waals surface area contributed by atoms with Gasteiger partial charge in [0.05, 0.1) is 18.7 Å². The van der Waals surface area contributed by atoms with Crippen LogP contribution in [-0.4, -0.2) is 25.3 Å². The van der Waals surface area contributed by atoms with Gasteiger partial charge in [0, 0.05) is 24.1 Å². The summed E-state index contributed by atoms with van der Waals surface area (Å²) in [5, 5.41) is 8.66. The van der Waals surface area contributed by atoms with Crippen LogP contribution < -0.4 is 15.2 Å². The molecule has 1 rings (SSSR count). The topological polar surface area (TPSA) is 81.8 Å². The van der Waals surface area contributed by atoms with E-state index in [2.05, 4.69) is 15.9 Å². The summed E-state index contributed by atoms with van der Waals surface area (Å²) in [7, 11) is 3.10. The molecule has 3 N–H and O–H groups in total. The summed E-state index contributed by atoms with van der Waals surface area (Å²) in [4.78, 5) is 10.5. The van der Waals surface area contributed by atoms with Crippen LogP contribution in [0.1, 0.15) is 24.4 Å². The molecule has 0 aliphatic carbocycles. The molecule has 18 heavy (non-hydrogen) atoms. The predicted octanol–water partition coefficient (Wildman–Crippen LogP) is 2.33. The Kier molecular flexibility index (Phi) is 5.43. The summed E-state index contributed by atoms with van der Waals surface area (Å²) in [6, 6.07) is 3.13. The Morgan fingerprint density at radius 3 is 2.50 bits per heavy atom. The fraction of sp³-hybridized carbons (Fsp3) is 0.417. The second kappa shape index (κ2) is 6.61. The molecule has 6 heteroatoms. The van der Waals surface area contributed by atoms with Crippen molar-refractivity contribution in [3.63, 3.8) is 0 Å². The van der Waals surface area contributed by atoms with Crippen molar-refractivity contribution in [3.05, 3.63) is 22.2 Å². The van der Waals surface area contributed by atoms with E-state index in [4.69, 9.17) is 20.3 Å². The molecule has 1 aromatic carbocycles. The van der Waals surface area contributed by atoms with Gasteiger partial charge < -0.3 is 20.3 Å². The van der Waals surface area contributed by atoms with Crippen LogP contribution in [0.2, 0.25) is 0 Å². The minimum atomic E-state index is -0.864. The summed E-state index contributed by atoms with van der Waals surface area (Å²) in [6.45, 7) is 0. The number of hydrogen-bond acceptors (Lipinski definition) is 4. The van der Waals surface area contributed by atoms with Crippen molar-refractivity contribution in [1.82, 2.24) is 0 Å². The van der Waals surface area contributed by atoms with E-state index < -0.39 is 12.0 Å². The van der Waals surface area contributed by atoms with E-state index in [0.717, 1.165) is 10.0 Å². The van der Waals surface area contributed by atoms with Crippen molar-refractivity contribution >= 4 is 21.9 Å².